The highest BCUT2D eigenvalue weighted by molar-refractivity contribution is 6.43. The standard InChI is InChI=1S/C14H17Cl2N3O/c1-3-12(17-8-9-6-7-18-19(9)2)10-4-5-11(15)13(16)14(10)20/h4-7,12,17,20H,3,8H2,1-2H3. The summed E-state index contributed by atoms with van der Waals surface area (Å²) in [5.41, 5.74) is 1.83. The molecular formula is C14H17Cl2N3O. The summed E-state index contributed by atoms with van der Waals surface area (Å²) in [5, 5.41) is 18.2. The monoisotopic (exact) mass is 313 g/mol. The van der Waals surface area contributed by atoms with Crippen LogP contribution in [0.3, 0.4) is 0 Å². The number of aromatic hydroxyl groups is 1. The molecule has 1 atom stereocenters. The molecule has 0 amide bonds. The first-order valence-electron chi connectivity index (χ1n) is 6.41. The minimum absolute atomic E-state index is 0.000309. The Hall–Kier alpha value is -1.23. The van der Waals surface area contributed by atoms with Gasteiger partial charge in [-0.1, -0.05) is 36.2 Å². The highest BCUT2D eigenvalue weighted by Gasteiger charge is 2.17. The maximum atomic E-state index is 10.1. The fourth-order valence-electron chi connectivity index (χ4n) is 2.11. The van der Waals surface area contributed by atoms with Gasteiger partial charge in [0.05, 0.1) is 10.7 Å². The van der Waals surface area contributed by atoms with Crippen LogP contribution in [0.2, 0.25) is 10.0 Å². The predicted molar refractivity (Wildman–Crippen MR) is 81.2 cm³/mol. The van der Waals surface area contributed by atoms with E-state index in [1.54, 1.807) is 18.3 Å². The molecular weight excluding hydrogens is 297 g/mol. The van der Waals surface area contributed by atoms with Gasteiger partial charge in [-0.2, -0.15) is 5.10 Å². The molecule has 0 aliphatic heterocycles. The minimum Gasteiger partial charge on any atom is -0.506 e. The molecule has 108 valence electrons. The van der Waals surface area contributed by atoms with Crippen LogP contribution in [0.25, 0.3) is 0 Å². The van der Waals surface area contributed by atoms with Crippen molar-refractivity contribution in [2.45, 2.75) is 25.9 Å². The van der Waals surface area contributed by atoms with E-state index >= 15 is 0 Å². The van der Waals surface area contributed by atoms with Crippen LogP contribution in [0.15, 0.2) is 24.4 Å². The number of aryl methyl sites for hydroxylation is 1. The molecule has 0 spiro atoms. The van der Waals surface area contributed by atoms with E-state index in [0.717, 1.165) is 17.7 Å². The van der Waals surface area contributed by atoms with E-state index in [4.69, 9.17) is 23.2 Å². The Balaban J connectivity index is 2.16. The second-order valence-corrected chi connectivity index (χ2v) is 5.37. The van der Waals surface area contributed by atoms with Crippen LogP contribution >= 0.6 is 23.2 Å². The second kappa shape index (κ2) is 6.48. The van der Waals surface area contributed by atoms with Crippen molar-refractivity contribution >= 4 is 23.2 Å². The van der Waals surface area contributed by atoms with Crippen LogP contribution in [0.1, 0.15) is 30.6 Å². The number of phenolic OH excluding ortho intramolecular Hbond substituents is 1. The molecule has 1 aromatic carbocycles. The zero-order valence-electron chi connectivity index (χ0n) is 11.4. The maximum absolute atomic E-state index is 10.1. The van der Waals surface area contributed by atoms with Crippen molar-refractivity contribution in [3.8, 4) is 5.75 Å². The number of benzene rings is 1. The van der Waals surface area contributed by atoms with Crippen LogP contribution < -0.4 is 5.32 Å². The lowest BCUT2D eigenvalue weighted by atomic mass is 10.0. The first kappa shape index (κ1) is 15.2. The fourth-order valence-corrected chi connectivity index (χ4v) is 2.44. The van der Waals surface area contributed by atoms with Gasteiger partial charge in [0, 0.05) is 31.4 Å². The topological polar surface area (TPSA) is 50.1 Å². The number of rotatable bonds is 5. The average molecular weight is 314 g/mol. The van der Waals surface area contributed by atoms with E-state index in [1.165, 1.54) is 0 Å². The third kappa shape index (κ3) is 3.08. The van der Waals surface area contributed by atoms with Gasteiger partial charge >= 0.3 is 0 Å². The van der Waals surface area contributed by atoms with Crippen molar-refractivity contribution in [3.63, 3.8) is 0 Å². The van der Waals surface area contributed by atoms with E-state index in [9.17, 15) is 5.11 Å². The van der Waals surface area contributed by atoms with Crippen molar-refractivity contribution < 1.29 is 5.11 Å². The SMILES string of the molecule is CCC(NCc1ccnn1C)c1ccc(Cl)c(Cl)c1O. The summed E-state index contributed by atoms with van der Waals surface area (Å²) in [6, 6.07) is 5.45. The lowest BCUT2D eigenvalue weighted by molar-refractivity contribution is 0.438. The third-order valence-corrected chi connectivity index (χ3v) is 4.13. The molecule has 1 heterocycles. The lowest BCUT2D eigenvalue weighted by Gasteiger charge is -2.19. The normalized spacial score (nSPS) is 12.6. The first-order chi connectivity index (χ1) is 9.54. The van der Waals surface area contributed by atoms with Crippen LogP contribution in [-0.2, 0) is 13.6 Å². The second-order valence-electron chi connectivity index (χ2n) is 4.59. The Kier molecular flexibility index (Phi) is 4.91. The van der Waals surface area contributed by atoms with Gasteiger partial charge in [0.15, 0.2) is 0 Å². The zero-order chi connectivity index (χ0) is 14.7. The third-order valence-electron chi connectivity index (χ3n) is 3.34. The van der Waals surface area contributed by atoms with Gasteiger partial charge < -0.3 is 10.4 Å². The average Bonchev–Trinajstić information content (AvgIpc) is 2.84. The van der Waals surface area contributed by atoms with Gasteiger partial charge in [-0.25, -0.2) is 0 Å². The Bertz CT molecular complexity index is 598. The van der Waals surface area contributed by atoms with Crippen molar-refractivity contribution in [3.05, 3.63) is 45.7 Å². The molecule has 2 N–H and O–H groups in total. The van der Waals surface area contributed by atoms with Crippen LogP contribution in [0.5, 0.6) is 5.75 Å². The smallest absolute Gasteiger partial charge is 0.140 e. The molecule has 0 bridgehead atoms. The highest BCUT2D eigenvalue weighted by atomic mass is 35.5. The molecule has 2 aromatic rings. The van der Waals surface area contributed by atoms with Gasteiger partial charge in [-0.3, -0.25) is 4.68 Å². The van der Waals surface area contributed by atoms with Crippen LogP contribution in [-0.4, -0.2) is 14.9 Å². The van der Waals surface area contributed by atoms with Gasteiger partial charge in [-0.15, -0.1) is 0 Å². The number of nitrogens with zero attached hydrogens (tertiary/aromatic N) is 2. The number of phenols is 1. The highest BCUT2D eigenvalue weighted by Crippen LogP contribution is 2.37. The van der Waals surface area contributed by atoms with Gasteiger partial charge in [-0.05, 0) is 18.6 Å². The fraction of sp³-hybridized carbons (Fsp3) is 0.357. The number of halogens is 2. The van der Waals surface area contributed by atoms with Gasteiger partial charge in [0.25, 0.3) is 0 Å². The van der Waals surface area contributed by atoms with Crippen molar-refractivity contribution in [1.82, 2.24) is 15.1 Å². The summed E-state index contributed by atoms with van der Waals surface area (Å²) in [6.07, 6.45) is 2.58. The van der Waals surface area contributed by atoms with Gasteiger partial charge in [0.2, 0.25) is 0 Å². The first-order valence-corrected chi connectivity index (χ1v) is 7.17. The molecule has 0 fully saturated rings. The molecule has 6 heteroatoms. The molecule has 2 rings (SSSR count). The van der Waals surface area contributed by atoms with Gasteiger partial charge in [0.1, 0.15) is 10.8 Å². The predicted octanol–water partition coefficient (Wildman–Crippen LogP) is 3.67. The Labute approximate surface area is 128 Å². The maximum Gasteiger partial charge on any atom is 0.140 e. The summed E-state index contributed by atoms with van der Waals surface area (Å²) < 4.78 is 1.81. The molecule has 0 saturated carbocycles. The summed E-state index contributed by atoms with van der Waals surface area (Å²) in [6.45, 7) is 2.71. The number of aromatic nitrogens is 2. The zero-order valence-corrected chi connectivity index (χ0v) is 12.9. The Morgan fingerprint density at radius 1 is 1.35 bits per heavy atom. The number of hydrogen-bond acceptors (Lipinski definition) is 3. The molecule has 0 saturated heterocycles. The van der Waals surface area contributed by atoms with Crippen molar-refractivity contribution in [2.75, 3.05) is 0 Å². The molecule has 0 aliphatic rings. The molecule has 4 nitrogen and oxygen atoms in total. The summed E-state index contributed by atoms with van der Waals surface area (Å²) in [5.74, 6) is 0.0449. The molecule has 20 heavy (non-hydrogen) atoms. The van der Waals surface area contributed by atoms with Crippen LogP contribution in [0.4, 0.5) is 0 Å². The van der Waals surface area contributed by atoms with E-state index in [-0.39, 0.29) is 16.8 Å². The largest absolute Gasteiger partial charge is 0.506 e. The van der Waals surface area contributed by atoms with E-state index in [2.05, 4.69) is 10.4 Å². The molecule has 1 unspecified atom stereocenters. The summed E-state index contributed by atoms with van der Waals surface area (Å²) in [4.78, 5) is 0. The van der Waals surface area contributed by atoms with Crippen LogP contribution in [0, 0.1) is 0 Å². The Morgan fingerprint density at radius 2 is 2.10 bits per heavy atom. The molecule has 1 aromatic heterocycles. The minimum atomic E-state index is -0.000309. The van der Waals surface area contributed by atoms with E-state index < -0.39 is 0 Å². The lowest BCUT2D eigenvalue weighted by Crippen LogP contribution is -2.21. The molecule has 0 radical (unpaired) electrons. The summed E-state index contributed by atoms with van der Waals surface area (Å²) in [7, 11) is 1.90. The van der Waals surface area contributed by atoms with Crippen molar-refractivity contribution in [1.29, 1.82) is 0 Å². The van der Waals surface area contributed by atoms with E-state index in [0.29, 0.717) is 11.6 Å². The molecule has 0 aliphatic carbocycles. The summed E-state index contributed by atoms with van der Waals surface area (Å²) >= 11 is 11.9. The quantitative estimate of drug-likeness (QED) is 0.885. The number of nitrogens with one attached hydrogen (secondary N) is 1. The van der Waals surface area contributed by atoms with Crippen molar-refractivity contribution in [2.24, 2.45) is 7.05 Å². The Morgan fingerprint density at radius 3 is 2.70 bits per heavy atom. The van der Waals surface area contributed by atoms with E-state index in [1.807, 2.05) is 24.7 Å². The number of hydrogen-bond donors (Lipinski definition) is 2.